The van der Waals surface area contributed by atoms with Gasteiger partial charge in [-0.3, -0.25) is 14.2 Å². The summed E-state index contributed by atoms with van der Waals surface area (Å²) in [6, 6.07) is 9.01. The van der Waals surface area contributed by atoms with Crippen LogP contribution in [0.5, 0.6) is 5.75 Å². The van der Waals surface area contributed by atoms with Crippen LogP contribution in [0.15, 0.2) is 47.4 Å². The quantitative estimate of drug-likeness (QED) is 0.671. The highest BCUT2D eigenvalue weighted by atomic mass is 19.1. The highest BCUT2D eigenvalue weighted by Crippen LogP contribution is 2.29. The van der Waals surface area contributed by atoms with Crippen molar-refractivity contribution in [2.24, 2.45) is 5.92 Å². The van der Waals surface area contributed by atoms with Gasteiger partial charge in [-0.2, -0.15) is 0 Å². The van der Waals surface area contributed by atoms with Crippen LogP contribution in [0.2, 0.25) is 0 Å². The van der Waals surface area contributed by atoms with E-state index in [9.17, 15) is 19.1 Å². The molecule has 1 saturated carbocycles. The molecule has 0 unspecified atom stereocenters. The standard InChI is InChI=1S/C22H22FN3O3/c23-16-8-6-15(7-9-16)13-26-20-17(5-2-11-24-20)19(27)18(22(26)29)21(28)25-12-10-14-3-1-4-14/h2,5-9,11,14,27H,1,3-4,10,12-13H2,(H,25,28). The van der Waals surface area contributed by atoms with Crippen LogP contribution in [0.25, 0.3) is 11.0 Å². The highest BCUT2D eigenvalue weighted by molar-refractivity contribution is 6.01. The Morgan fingerprint density at radius 3 is 2.69 bits per heavy atom. The first-order valence-electron chi connectivity index (χ1n) is 9.77. The average Bonchev–Trinajstić information content (AvgIpc) is 2.68. The second-order valence-electron chi connectivity index (χ2n) is 7.46. The summed E-state index contributed by atoms with van der Waals surface area (Å²) in [5, 5.41) is 13.7. The van der Waals surface area contributed by atoms with Crippen molar-refractivity contribution in [1.29, 1.82) is 0 Å². The van der Waals surface area contributed by atoms with Crippen molar-refractivity contribution < 1.29 is 14.3 Å². The smallest absolute Gasteiger partial charge is 0.269 e. The number of nitrogens with one attached hydrogen (secondary N) is 1. The molecule has 0 aliphatic heterocycles. The van der Waals surface area contributed by atoms with Crippen LogP contribution in [-0.2, 0) is 6.54 Å². The zero-order valence-corrected chi connectivity index (χ0v) is 15.9. The van der Waals surface area contributed by atoms with Gasteiger partial charge in [-0.15, -0.1) is 0 Å². The first-order valence-corrected chi connectivity index (χ1v) is 9.77. The first-order chi connectivity index (χ1) is 14.0. The van der Waals surface area contributed by atoms with Crippen LogP contribution < -0.4 is 10.9 Å². The number of fused-ring (bicyclic) bond motifs is 1. The van der Waals surface area contributed by atoms with Gasteiger partial charge in [0.1, 0.15) is 22.8 Å². The van der Waals surface area contributed by atoms with Gasteiger partial charge in [-0.1, -0.05) is 31.4 Å². The number of carbonyl (C=O) groups excluding carboxylic acids is 1. The number of aromatic nitrogens is 2. The van der Waals surface area contributed by atoms with Crippen molar-refractivity contribution in [3.8, 4) is 5.75 Å². The Kier molecular flexibility index (Phi) is 5.29. The molecule has 0 radical (unpaired) electrons. The largest absolute Gasteiger partial charge is 0.506 e. The third kappa shape index (κ3) is 3.85. The van der Waals surface area contributed by atoms with Crippen LogP contribution in [-0.4, -0.2) is 27.1 Å². The number of hydrogen-bond acceptors (Lipinski definition) is 4. The van der Waals surface area contributed by atoms with Crippen molar-refractivity contribution in [2.45, 2.75) is 32.2 Å². The number of halogens is 1. The lowest BCUT2D eigenvalue weighted by Crippen LogP contribution is -2.35. The lowest BCUT2D eigenvalue weighted by atomic mass is 9.83. The van der Waals surface area contributed by atoms with Crippen LogP contribution in [0.1, 0.15) is 41.6 Å². The fraction of sp³-hybridized carbons (Fsp3) is 0.318. The molecular weight excluding hydrogens is 373 g/mol. The van der Waals surface area contributed by atoms with Crippen LogP contribution in [0, 0.1) is 11.7 Å². The van der Waals surface area contributed by atoms with Crippen LogP contribution in [0.4, 0.5) is 4.39 Å². The predicted molar refractivity (Wildman–Crippen MR) is 107 cm³/mol. The Bertz CT molecular complexity index is 1100. The molecule has 1 amide bonds. The normalized spacial score (nSPS) is 14.0. The lowest BCUT2D eigenvalue weighted by Gasteiger charge is -2.25. The molecule has 0 atom stereocenters. The van der Waals surface area contributed by atoms with Crippen LogP contribution >= 0.6 is 0 Å². The van der Waals surface area contributed by atoms with Gasteiger partial charge in [-0.05, 0) is 42.2 Å². The maximum atomic E-state index is 13.2. The van der Waals surface area contributed by atoms with Crippen molar-refractivity contribution in [3.63, 3.8) is 0 Å². The molecule has 2 aromatic heterocycles. The van der Waals surface area contributed by atoms with E-state index >= 15 is 0 Å². The molecule has 1 aliphatic carbocycles. The molecule has 150 valence electrons. The number of amides is 1. The maximum Gasteiger partial charge on any atom is 0.269 e. The zero-order chi connectivity index (χ0) is 20.4. The van der Waals surface area contributed by atoms with Crippen molar-refractivity contribution in [3.05, 3.63) is 69.9 Å². The first kappa shape index (κ1) is 19.1. The van der Waals surface area contributed by atoms with Gasteiger partial charge in [0.25, 0.3) is 11.5 Å². The molecule has 1 aliphatic rings. The van der Waals surface area contributed by atoms with E-state index in [0.717, 1.165) is 6.42 Å². The Balaban J connectivity index is 1.70. The van der Waals surface area contributed by atoms with Gasteiger partial charge in [0.05, 0.1) is 11.9 Å². The summed E-state index contributed by atoms with van der Waals surface area (Å²) in [5.41, 5.74) is 0.0354. The van der Waals surface area contributed by atoms with E-state index in [4.69, 9.17) is 0 Å². The van der Waals surface area contributed by atoms with E-state index in [-0.39, 0.29) is 29.3 Å². The monoisotopic (exact) mass is 395 g/mol. The molecule has 0 spiro atoms. The number of hydrogen-bond donors (Lipinski definition) is 2. The number of rotatable bonds is 6. The van der Waals surface area contributed by atoms with Gasteiger partial charge in [0.15, 0.2) is 0 Å². The van der Waals surface area contributed by atoms with Gasteiger partial charge in [0, 0.05) is 12.7 Å². The molecule has 7 heteroatoms. The number of aromatic hydroxyl groups is 1. The number of nitrogens with zero attached hydrogens (tertiary/aromatic N) is 2. The second kappa shape index (κ2) is 8.03. The summed E-state index contributed by atoms with van der Waals surface area (Å²) in [6.07, 6.45) is 5.96. The molecule has 2 N–H and O–H groups in total. The number of carbonyl (C=O) groups is 1. The summed E-state index contributed by atoms with van der Waals surface area (Å²) >= 11 is 0. The Labute approximate surface area is 167 Å². The lowest BCUT2D eigenvalue weighted by molar-refractivity contribution is 0.0944. The van der Waals surface area contributed by atoms with E-state index in [1.807, 2.05) is 0 Å². The van der Waals surface area contributed by atoms with E-state index in [1.54, 1.807) is 24.3 Å². The fourth-order valence-corrected chi connectivity index (χ4v) is 3.65. The van der Waals surface area contributed by atoms with E-state index in [1.165, 1.54) is 42.2 Å². The molecule has 4 rings (SSSR count). The fourth-order valence-electron chi connectivity index (χ4n) is 3.65. The predicted octanol–water partition coefficient (Wildman–Crippen LogP) is 3.21. The molecular formula is C22H22FN3O3. The van der Waals surface area contributed by atoms with E-state index in [2.05, 4.69) is 10.3 Å². The van der Waals surface area contributed by atoms with E-state index in [0.29, 0.717) is 23.4 Å². The summed E-state index contributed by atoms with van der Waals surface area (Å²) in [4.78, 5) is 30.0. The van der Waals surface area contributed by atoms with Gasteiger partial charge in [0.2, 0.25) is 0 Å². The minimum absolute atomic E-state index is 0.106. The SMILES string of the molecule is O=C(NCCC1CCC1)c1c(O)c2cccnc2n(Cc2ccc(F)cc2)c1=O. The maximum absolute atomic E-state index is 13.2. The van der Waals surface area contributed by atoms with E-state index < -0.39 is 11.5 Å². The minimum atomic E-state index is -0.626. The summed E-state index contributed by atoms with van der Waals surface area (Å²) in [6.45, 7) is 0.570. The van der Waals surface area contributed by atoms with Crippen molar-refractivity contribution in [2.75, 3.05) is 6.54 Å². The Morgan fingerprint density at radius 1 is 1.24 bits per heavy atom. The van der Waals surface area contributed by atoms with Crippen molar-refractivity contribution >= 4 is 16.9 Å². The molecule has 1 fully saturated rings. The van der Waals surface area contributed by atoms with Gasteiger partial charge in [-0.25, -0.2) is 9.37 Å². The third-order valence-corrected chi connectivity index (χ3v) is 5.54. The molecule has 29 heavy (non-hydrogen) atoms. The van der Waals surface area contributed by atoms with Gasteiger partial charge >= 0.3 is 0 Å². The highest BCUT2D eigenvalue weighted by Gasteiger charge is 2.23. The molecule has 6 nitrogen and oxygen atoms in total. The Hall–Kier alpha value is -3.22. The van der Waals surface area contributed by atoms with Crippen molar-refractivity contribution in [1.82, 2.24) is 14.9 Å². The summed E-state index contributed by atoms with van der Waals surface area (Å²) in [5.74, 6) is -0.707. The second-order valence-corrected chi connectivity index (χ2v) is 7.46. The molecule has 2 heterocycles. The molecule has 0 bridgehead atoms. The molecule has 1 aromatic carbocycles. The average molecular weight is 395 g/mol. The zero-order valence-electron chi connectivity index (χ0n) is 15.9. The summed E-state index contributed by atoms with van der Waals surface area (Å²) in [7, 11) is 0. The molecule has 3 aromatic rings. The minimum Gasteiger partial charge on any atom is -0.506 e. The summed E-state index contributed by atoms with van der Waals surface area (Å²) < 4.78 is 14.6. The topological polar surface area (TPSA) is 84.2 Å². The third-order valence-electron chi connectivity index (χ3n) is 5.54. The number of benzene rings is 1. The number of pyridine rings is 2. The molecule has 0 saturated heterocycles. The van der Waals surface area contributed by atoms with Crippen LogP contribution in [0.3, 0.4) is 0 Å². The Morgan fingerprint density at radius 2 is 2.00 bits per heavy atom. The van der Waals surface area contributed by atoms with Gasteiger partial charge < -0.3 is 10.4 Å².